The summed E-state index contributed by atoms with van der Waals surface area (Å²) < 4.78 is 25.7. The molecule has 0 spiro atoms. The average Bonchev–Trinajstić information content (AvgIpc) is 2.30. The van der Waals surface area contributed by atoms with Crippen LogP contribution < -0.4 is 5.32 Å². The second kappa shape index (κ2) is 1.52. The maximum Gasteiger partial charge on any atom is 0.258 e. The molecule has 1 heterocycles. The Morgan fingerprint density at radius 2 is 2.20 bits per heavy atom. The summed E-state index contributed by atoms with van der Waals surface area (Å²) >= 11 is 0. The smallest absolute Gasteiger partial charge is 0.258 e. The van der Waals surface area contributed by atoms with Crippen molar-refractivity contribution in [2.45, 2.75) is 19.3 Å². The van der Waals surface area contributed by atoms with Crippen molar-refractivity contribution in [1.82, 2.24) is 5.32 Å². The monoisotopic (exact) mass is 147 g/mol. The molecule has 10 heavy (non-hydrogen) atoms. The SMILES string of the molecule is CC12CNCCC1C2(F)F. The van der Waals surface area contributed by atoms with E-state index in [1.165, 1.54) is 0 Å². The van der Waals surface area contributed by atoms with Gasteiger partial charge in [0.1, 0.15) is 0 Å². The third-order valence-electron chi connectivity index (χ3n) is 2.99. The molecule has 0 aromatic heterocycles. The average molecular weight is 147 g/mol. The van der Waals surface area contributed by atoms with Gasteiger partial charge in [0.05, 0.1) is 5.41 Å². The molecule has 2 unspecified atom stereocenters. The topological polar surface area (TPSA) is 12.0 Å². The van der Waals surface area contributed by atoms with Gasteiger partial charge in [-0.05, 0) is 13.0 Å². The summed E-state index contributed by atoms with van der Waals surface area (Å²) in [5, 5.41) is 2.99. The van der Waals surface area contributed by atoms with E-state index in [4.69, 9.17) is 0 Å². The summed E-state index contributed by atoms with van der Waals surface area (Å²) in [5.74, 6) is -2.71. The van der Waals surface area contributed by atoms with E-state index in [0.717, 1.165) is 6.54 Å². The van der Waals surface area contributed by atoms with Crippen molar-refractivity contribution in [2.24, 2.45) is 11.3 Å². The molecule has 2 rings (SSSR count). The highest BCUT2D eigenvalue weighted by molar-refractivity contribution is 5.18. The summed E-state index contributed by atoms with van der Waals surface area (Å²) in [5.41, 5.74) is -0.703. The number of alkyl halides is 2. The van der Waals surface area contributed by atoms with Gasteiger partial charge in [0, 0.05) is 12.5 Å². The molecule has 0 aromatic carbocycles. The molecule has 1 aliphatic heterocycles. The highest BCUT2D eigenvalue weighted by Gasteiger charge is 2.77. The van der Waals surface area contributed by atoms with Crippen LogP contribution >= 0.6 is 0 Å². The summed E-state index contributed by atoms with van der Waals surface area (Å²) in [7, 11) is 0. The van der Waals surface area contributed by atoms with Gasteiger partial charge in [-0.1, -0.05) is 6.92 Å². The van der Waals surface area contributed by atoms with Gasteiger partial charge >= 0.3 is 0 Å². The van der Waals surface area contributed by atoms with Gasteiger partial charge in [-0.2, -0.15) is 0 Å². The minimum atomic E-state index is -2.38. The Morgan fingerprint density at radius 1 is 1.50 bits per heavy atom. The van der Waals surface area contributed by atoms with Gasteiger partial charge in [-0.15, -0.1) is 0 Å². The maximum atomic E-state index is 12.8. The van der Waals surface area contributed by atoms with Crippen LogP contribution in [0.2, 0.25) is 0 Å². The molecule has 1 N–H and O–H groups in total. The number of halogens is 2. The first kappa shape index (κ1) is 6.53. The molecule has 1 nitrogen and oxygen atoms in total. The number of fused-ring (bicyclic) bond motifs is 1. The first-order valence-corrected chi connectivity index (χ1v) is 3.67. The predicted molar refractivity (Wildman–Crippen MR) is 34.0 cm³/mol. The summed E-state index contributed by atoms with van der Waals surface area (Å²) in [6.45, 7) is 2.92. The third-order valence-corrected chi connectivity index (χ3v) is 2.99. The Balaban J connectivity index is 2.20. The Labute approximate surface area is 58.8 Å². The minimum absolute atomic E-state index is 0.332. The molecule has 2 aliphatic rings. The fourth-order valence-electron chi connectivity index (χ4n) is 2.01. The fraction of sp³-hybridized carbons (Fsp3) is 1.00. The van der Waals surface area contributed by atoms with E-state index in [-0.39, 0.29) is 5.92 Å². The van der Waals surface area contributed by atoms with E-state index < -0.39 is 11.3 Å². The van der Waals surface area contributed by atoms with Crippen molar-refractivity contribution in [3.8, 4) is 0 Å². The first-order valence-electron chi connectivity index (χ1n) is 3.67. The van der Waals surface area contributed by atoms with Crippen LogP contribution in [0.4, 0.5) is 8.78 Å². The van der Waals surface area contributed by atoms with Gasteiger partial charge in [-0.3, -0.25) is 0 Å². The Morgan fingerprint density at radius 3 is 2.60 bits per heavy atom. The van der Waals surface area contributed by atoms with E-state index in [1.54, 1.807) is 6.92 Å². The highest BCUT2D eigenvalue weighted by atomic mass is 19.3. The number of piperidine rings is 1. The quantitative estimate of drug-likeness (QED) is 0.543. The van der Waals surface area contributed by atoms with Crippen LogP contribution in [0.3, 0.4) is 0 Å². The van der Waals surface area contributed by atoms with Crippen LogP contribution in [0, 0.1) is 11.3 Å². The molecular formula is C7H11F2N. The lowest BCUT2D eigenvalue weighted by Gasteiger charge is -2.15. The predicted octanol–water partition coefficient (Wildman–Crippen LogP) is 1.25. The molecule has 0 radical (unpaired) electrons. The van der Waals surface area contributed by atoms with Crippen molar-refractivity contribution >= 4 is 0 Å². The molecule has 0 amide bonds. The van der Waals surface area contributed by atoms with Gasteiger partial charge < -0.3 is 5.32 Å². The van der Waals surface area contributed by atoms with E-state index in [0.29, 0.717) is 13.0 Å². The van der Waals surface area contributed by atoms with Crippen LogP contribution in [-0.2, 0) is 0 Å². The van der Waals surface area contributed by atoms with Gasteiger partial charge in [-0.25, -0.2) is 8.78 Å². The lowest BCUT2D eigenvalue weighted by Crippen LogP contribution is -2.30. The van der Waals surface area contributed by atoms with Crippen LogP contribution in [0.1, 0.15) is 13.3 Å². The number of nitrogens with one attached hydrogen (secondary N) is 1. The van der Waals surface area contributed by atoms with Crippen LogP contribution in [0.5, 0.6) is 0 Å². The van der Waals surface area contributed by atoms with Crippen molar-refractivity contribution < 1.29 is 8.78 Å². The number of hydrogen-bond donors (Lipinski definition) is 1. The second-order valence-electron chi connectivity index (χ2n) is 3.56. The van der Waals surface area contributed by atoms with E-state index in [9.17, 15) is 8.78 Å². The molecule has 2 atom stereocenters. The summed E-state index contributed by atoms with van der Waals surface area (Å²) in [6, 6.07) is 0. The van der Waals surface area contributed by atoms with Crippen LogP contribution in [0.15, 0.2) is 0 Å². The Hall–Kier alpha value is -0.180. The maximum absolute atomic E-state index is 12.8. The number of rotatable bonds is 0. The molecule has 1 saturated carbocycles. The van der Waals surface area contributed by atoms with Gasteiger partial charge in [0.15, 0.2) is 0 Å². The lowest BCUT2D eigenvalue weighted by atomic mass is 10.0. The Bertz CT molecular complexity index is 169. The van der Waals surface area contributed by atoms with Gasteiger partial charge in [0.25, 0.3) is 5.92 Å². The fourth-order valence-corrected chi connectivity index (χ4v) is 2.01. The van der Waals surface area contributed by atoms with Gasteiger partial charge in [0.2, 0.25) is 0 Å². The highest BCUT2D eigenvalue weighted by Crippen LogP contribution is 2.67. The van der Waals surface area contributed by atoms with Crippen molar-refractivity contribution in [3.63, 3.8) is 0 Å². The molecule has 0 bridgehead atoms. The molecule has 2 fully saturated rings. The van der Waals surface area contributed by atoms with Crippen LogP contribution in [0.25, 0.3) is 0 Å². The minimum Gasteiger partial charge on any atom is -0.316 e. The normalized spacial score (nSPS) is 50.1. The van der Waals surface area contributed by atoms with E-state index in [1.807, 2.05) is 0 Å². The third kappa shape index (κ3) is 0.506. The molecule has 3 heteroatoms. The largest absolute Gasteiger partial charge is 0.316 e. The van der Waals surface area contributed by atoms with Crippen molar-refractivity contribution in [3.05, 3.63) is 0 Å². The molecule has 58 valence electrons. The second-order valence-corrected chi connectivity index (χ2v) is 3.56. The first-order chi connectivity index (χ1) is 4.59. The zero-order chi connectivity index (χ0) is 7.41. The lowest BCUT2D eigenvalue weighted by molar-refractivity contribution is 0.0653. The van der Waals surface area contributed by atoms with Crippen molar-refractivity contribution in [2.75, 3.05) is 13.1 Å². The standard InChI is InChI=1S/C7H11F2N/c1-6-4-10-3-2-5(6)7(6,8)9/h5,10H,2-4H2,1H3. The van der Waals surface area contributed by atoms with E-state index in [2.05, 4.69) is 5.32 Å². The molecular weight excluding hydrogens is 136 g/mol. The van der Waals surface area contributed by atoms with Crippen LogP contribution in [-0.4, -0.2) is 19.0 Å². The zero-order valence-electron chi connectivity index (χ0n) is 5.95. The number of hydrogen-bond acceptors (Lipinski definition) is 1. The molecule has 1 saturated heterocycles. The molecule has 1 aliphatic carbocycles. The summed E-state index contributed by atoms with van der Waals surface area (Å²) in [4.78, 5) is 0. The zero-order valence-corrected chi connectivity index (χ0v) is 5.95. The Kier molecular flexibility index (Phi) is 0.994. The van der Waals surface area contributed by atoms with E-state index >= 15 is 0 Å². The molecule has 0 aromatic rings. The summed E-state index contributed by atoms with van der Waals surface area (Å²) in [6.07, 6.45) is 0.642. The van der Waals surface area contributed by atoms with Crippen molar-refractivity contribution in [1.29, 1.82) is 0 Å².